The summed E-state index contributed by atoms with van der Waals surface area (Å²) in [6.45, 7) is 7.15. The van der Waals surface area contributed by atoms with Gasteiger partial charge in [0.2, 0.25) is 5.91 Å². The molecular weight excluding hydrogens is 244 g/mol. The molecule has 0 bridgehead atoms. The fourth-order valence-electron chi connectivity index (χ4n) is 3.47. The zero-order valence-electron chi connectivity index (χ0n) is 12.0. The summed E-state index contributed by atoms with van der Waals surface area (Å²) < 4.78 is 0. The van der Waals surface area contributed by atoms with Crippen LogP contribution in [0.2, 0.25) is 0 Å². The van der Waals surface area contributed by atoms with E-state index in [2.05, 4.69) is 5.32 Å². The predicted molar refractivity (Wildman–Crippen MR) is 71.8 cm³/mol. The Kier molecular flexibility index (Phi) is 3.60. The summed E-state index contributed by atoms with van der Waals surface area (Å²) in [6.07, 6.45) is 3.48. The monoisotopic (exact) mass is 268 g/mol. The quantitative estimate of drug-likeness (QED) is 0.790. The van der Waals surface area contributed by atoms with Crippen LogP contribution in [0.1, 0.15) is 46.5 Å². The van der Waals surface area contributed by atoms with Crippen LogP contribution in [0.4, 0.5) is 0 Å². The smallest absolute Gasteiger partial charge is 0.326 e. The van der Waals surface area contributed by atoms with Gasteiger partial charge in [0.25, 0.3) is 0 Å². The average Bonchev–Trinajstić information content (AvgIpc) is 2.74. The molecule has 5 nitrogen and oxygen atoms in total. The van der Waals surface area contributed by atoms with Gasteiger partial charge in [-0.1, -0.05) is 13.8 Å². The van der Waals surface area contributed by atoms with Crippen molar-refractivity contribution in [2.24, 2.45) is 5.41 Å². The zero-order valence-corrected chi connectivity index (χ0v) is 12.0. The van der Waals surface area contributed by atoms with Gasteiger partial charge >= 0.3 is 5.97 Å². The molecule has 108 valence electrons. The van der Waals surface area contributed by atoms with Crippen LogP contribution in [0, 0.1) is 5.41 Å². The lowest BCUT2D eigenvalue weighted by Crippen LogP contribution is -2.62. The number of carbonyl (C=O) groups is 2. The highest BCUT2D eigenvalue weighted by atomic mass is 16.4. The van der Waals surface area contributed by atoms with Gasteiger partial charge in [-0.2, -0.15) is 0 Å². The van der Waals surface area contributed by atoms with Crippen LogP contribution in [-0.4, -0.2) is 46.6 Å². The van der Waals surface area contributed by atoms with Crippen molar-refractivity contribution in [3.05, 3.63) is 0 Å². The number of hydrogen-bond donors (Lipinski definition) is 2. The number of nitrogens with one attached hydrogen (secondary N) is 1. The Hall–Kier alpha value is -1.10. The molecule has 5 heteroatoms. The summed E-state index contributed by atoms with van der Waals surface area (Å²) >= 11 is 0. The van der Waals surface area contributed by atoms with E-state index < -0.39 is 17.6 Å². The number of nitrogens with zero attached hydrogens (tertiary/aromatic N) is 1. The maximum atomic E-state index is 12.7. The second-order valence-electron chi connectivity index (χ2n) is 6.69. The summed E-state index contributed by atoms with van der Waals surface area (Å²) in [7, 11) is 0. The fraction of sp³-hybridized carbons (Fsp3) is 0.857. The molecule has 2 aliphatic rings. The summed E-state index contributed by atoms with van der Waals surface area (Å²) in [6, 6.07) is -0.715. The van der Waals surface area contributed by atoms with Crippen molar-refractivity contribution in [1.82, 2.24) is 10.2 Å². The minimum absolute atomic E-state index is 0.0508. The van der Waals surface area contributed by atoms with Crippen LogP contribution in [0.5, 0.6) is 0 Å². The van der Waals surface area contributed by atoms with Gasteiger partial charge in [-0.15, -0.1) is 0 Å². The zero-order chi connectivity index (χ0) is 14.3. The highest BCUT2D eigenvalue weighted by molar-refractivity contribution is 5.90. The molecule has 0 spiro atoms. The number of piperidine rings is 1. The first-order chi connectivity index (χ1) is 8.78. The second kappa shape index (κ2) is 4.78. The Bertz CT molecular complexity index is 386. The van der Waals surface area contributed by atoms with Crippen LogP contribution in [-0.2, 0) is 9.59 Å². The first kappa shape index (κ1) is 14.3. The van der Waals surface area contributed by atoms with Crippen molar-refractivity contribution in [2.75, 3.05) is 13.1 Å². The molecule has 1 amide bonds. The lowest BCUT2D eigenvalue weighted by Gasteiger charge is -2.46. The number of carboxylic acids is 1. The van der Waals surface area contributed by atoms with E-state index in [4.69, 9.17) is 0 Å². The number of aliphatic carboxylic acids is 1. The third-order valence-corrected chi connectivity index (χ3v) is 4.61. The van der Waals surface area contributed by atoms with Gasteiger partial charge in [-0.3, -0.25) is 4.79 Å². The van der Waals surface area contributed by atoms with Crippen molar-refractivity contribution in [1.29, 1.82) is 0 Å². The molecule has 2 saturated heterocycles. The lowest BCUT2D eigenvalue weighted by molar-refractivity contribution is -0.161. The number of amides is 1. The molecule has 2 unspecified atom stereocenters. The minimum atomic E-state index is -0.889. The molecule has 2 fully saturated rings. The maximum absolute atomic E-state index is 12.7. The highest BCUT2D eigenvalue weighted by Crippen LogP contribution is 2.37. The molecule has 0 saturated carbocycles. The molecule has 2 aliphatic heterocycles. The van der Waals surface area contributed by atoms with E-state index in [9.17, 15) is 14.7 Å². The number of carbonyl (C=O) groups excluding carboxylic acids is 1. The third kappa shape index (κ3) is 2.48. The van der Waals surface area contributed by atoms with Gasteiger partial charge in [0.1, 0.15) is 6.04 Å². The minimum Gasteiger partial charge on any atom is -0.480 e. The topological polar surface area (TPSA) is 69.6 Å². The Morgan fingerprint density at radius 1 is 1.21 bits per heavy atom. The van der Waals surface area contributed by atoms with Crippen molar-refractivity contribution < 1.29 is 14.7 Å². The maximum Gasteiger partial charge on any atom is 0.326 e. The van der Waals surface area contributed by atoms with Gasteiger partial charge in [0.05, 0.1) is 5.54 Å². The fourth-order valence-corrected chi connectivity index (χ4v) is 3.47. The van der Waals surface area contributed by atoms with Crippen LogP contribution in [0.3, 0.4) is 0 Å². The Balaban J connectivity index is 2.26. The van der Waals surface area contributed by atoms with E-state index in [0.717, 1.165) is 32.2 Å². The van der Waals surface area contributed by atoms with Crippen molar-refractivity contribution in [3.63, 3.8) is 0 Å². The predicted octanol–water partition coefficient (Wildman–Crippen LogP) is 1.23. The molecular formula is C14H24N2O3. The summed E-state index contributed by atoms with van der Waals surface area (Å²) in [4.78, 5) is 25.9. The second-order valence-corrected chi connectivity index (χ2v) is 6.69. The Morgan fingerprint density at radius 2 is 1.89 bits per heavy atom. The van der Waals surface area contributed by atoms with Crippen LogP contribution < -0.4 is 5.32 Å². The van der Waals surface area contributed by atoms with E-state index >= 15 is 0 Å². The van der Waals surface area contributed by atoms with Crippen molar-refractivity contribution in [3.8, 4) is 0 Å². The Morgan fingerprint density at radius 3 is 2.42 bits per heavy atom. The molecule has 2 N–H and O–H groups in total. The molecule has 0 aromatic heterocycles. The molecule has 2 heterocycles. The van der Waals surface area contributed by atoms with Gasteiger partial charge in [-0.25, -0.2) is 4.79 Å². The molecule has 2 rings (SSSR count). The number of hydrogen-bond acceptors (Lipinski definition) is 3. The molecule has 19 heavy (non-hydrogen) atoms. The lowest BCUT2D eigenvalue weighted by atomic mass is 9.75. The number of rotatable bonds is 2. The first-order valence-electron chi connectivity index (χ1n) is 7.07. The molecule has 0 aromatic carbocycles. The SMILES string of the molecule is CC1(C(=O)N2CCCC(C)(C)C2C(=O)O)CCCN1. The largest absolute Gasteiger partial charge is 0.480 e. The molecule has 0 aliphatic carbocycles. The molecule has 0 aromatic rings. The summed E-state index contributed by atoms with van der Waals surface area (Å²) in [5, 5.41) is 12.7. The third-order valence-electron chi connectivity index (χ3n) is 4.61. The van der Waals surface area contributed by atoms with Gasteiger partial charge in [0, 0.05) is 6.54 Å². The van der Waals surface area contributed by atoms with E-state index in [-0.39, 0.29) is 11.3 Å². The first-order valence-corrected chi connectivity index (χ1v) is 7.07. The van der Waals surface area contributed by atoms with Crippen LogP contribution >= 0.6 is 0 Å². The Labute approximate surface area is 114 Å². The average molecular weight is 268 g/mol. The summed E-state index contributed by atoms with van der Waals surface area (Å²) in [5.41, 5.74) is -0.949. The van der Waals surface area contributed by atoms with Crippen LogP contribution in [0.15, 0.2) is 0 Å². The van der Waals surface area contributed by atoms with Crippen molar-refractivity contribution in [2.45, 2.75) is 58.0 Å². The molecule has 2 atom stereocenters. The van der Waals surface area contributed by atoms with E-state index in [1.54, 1.807) is 4.90 Å². The summed E-state index contributed by atoms with van der Waals surface area (Å²) in [5.74, 6) is -0.940. The van der Waals surface area contributed by atoms with E-state index in [0.29, 0.717) is 6.54 Å². The van der Waals surface area contributed by atoms with Crippen LogP contribution in [0.25, 0.3) is 0 Å². The normalized spacial score (nSPS) is 34.3. The number of likely N-dealkylation sites (tertiary alicyclic amines) is 1. The van der Waals surface area contributed by atoms with E-state index in [1.165, 1.54) is 0 Å². The van der Waals surface area contributed by atoms with E-state index in [1.807, 2.05) is 20.8 Å². The molecule has 0 radical (unpaired) electrons. The standard InChI is InChI=1S/C14H24N2O3/c1-13(2)6-5-9-16(10(13)11(17)18)12(19)14(3)7-4-8-15-14/h10,15H,4-9H2,1-3H3,(H,17,18). The van der Waals surface area contributed by atoms with Gasteiger partial charge < -0.3 is 15.3 Å². The number of carboxylic acid groups (broad SMARTS) is 1. The van der Waals surface area contributed by atoms with Gasteiger partial charge in [-0.05, 0) is 44.6 Å². The van der Waals surface area contributed by atoms with Crippen molar-refractivity contribution >= 4 is 11.9 Å². The van der Waals surface area contributed by atoms with Gasteiger partial charge in [0.15, 0.2) is 0 Å². The highest BCUT2D eigenvalue weighted by Gasteiger charge is 2.49.